The summed E-state index contributed by atoms with van der Waals surface area (Å²) >= 11 is 0. The molecular formula is C28H56O4Sn. The first-order valence-corrected chi connectivity index (χ1v) is 12.8. The molecule has 0 aromatic rings. The van der Waals surface area contributed by atoms with Crippen LogP contribution in [0.15, 0.2) is 0 Å². The predicted octanol–water partition coefficient (Wildman–Crippen LogP) is 6.33. The Labute approximate surface area is 225 Å². The third-order valence-corrected chi connectivity index (χ3v) is 5.59. The zero-order chi connectivity index (χ0) is 26.1. The normalized spacial score (nSPS) is 10.2. The van der Waals surface area contributed by atoms with Crippen molar-refractivity contribution < 1.29 is 19.8 Å². The van der Waals surface area contributed by atoms with E-state index in [2.05, 4.69) is 69.2 Å². The number of hydrogen-bond acceptors (Lipinski definition) is 4. The Bertz CT molecular complexity index is 365. The van der Waals surface area contributed by atoms with Crippen LogP contribution in [0.3, 0.4) is 0 Å². The minimum Gasteiger partial charge on any atom is -0.550 e. The van der Waals surface area contributed by atoms with E-state index in [0.29, 0.717) is 10.8 Å². The minimum absolute atomic E-state index is 0. The summed E-state index contributed by atoms with van der Waals surface area (Å²) in [7, 11) is 0. The van der Waals surface area contributed by atoms with Crippen molar-refractivity contribution >= 4 is 35.8 Å². The average Bonchev–Trinajstić information content (AvgIpc) is 2.75. The van der Waals surface area contributed by atoms with Crippen LogP contribution in [0.1, 0.15) is 145 Å². The molecule has 0 fully saturated rings. The topological polar surface area (TPSA) is 80.3 Å². The summed E-state index contributed by atoms with van der Waals surface area (Å²) in [5, 5.41) is 20.2. The smallest absolute Gasteiger partial charge is 0.550 e. The third kappa shape index (κ3) is 49.8. The third-order valence-electron chi connectivity index (χ3n) is 5.59. The summed E-state index contributed by atoms with van der Waals surface area (Å²) in [5.74, 6) is -1.85. The molecule has 0 amide bonds. The van der Waals surface area contributed by atoms with Gasteiger partial charge in [0.05, 0.1) is 0 Å². The van der Waals surface area contributed by atoms with E-state index >= 15 is 0 Å². The van der Waals surface area contributed by atoms with Gasteiger partial charge in [-0.25, -0.2) is 0 Å². The summed E-state index contributed by atoms with van der Waals surface area (Å²) in [6.07, 6.45) is 13.0. The molecule has 0 aliphatic rings. The van der Waals surface area contributed by atoms with Gasteiger partial charge in [-0.2, -0.15) is 0 Å². The Hall–Kier alpha value is -0.261. The number of aliphatic carboxylic acids is 2. The van der Waals surface area contributed by atoms with Crippen molar-refractivity contribution in [3.63, 3.8) is 0 Å². The van der Waals surface area contributed by atoms with Crippen LogP contribution in [0.25, 0.3) is 0 Å². The second-order valence-electron chi connectivity index (χ2n) is 9.90. The van der Waals surface area contributed by atoms with Crippen LogP contribution in [0.4, 0.5) is 0 Å². The summed E-state index contributed by atoms with van der Waals surface area (Å²) < 4.78 is 0. The fraction of sp³-hybridized carbons (Fsp3) is 0.857. The van der Waals surface area contributed by atoms with Crippen LogP contribution >= 0.6 is 0 Å². The largest absolute Gasteiger partial charge is 2.00 e. The van der Waals surface area contributed by atoms with E-state index in [9.17, 15) is 19.8 Å². The standard InChI is InChI=1S/2C10H20O2.2C4H9.Sn/c2*1-4-10(2,3)8-6-5-7-9(11)12;2*1-3-4-2;/h2*4-8H2,1-3H3,(H,11,12);2*1,3-4H2,2H3;/q;;;;+2/p-2. The summed E-state index contributed by atoms with van der Waals surface area (Å²) in [6.45, 7) is 24.6. The van der Waals surface area contributed by atoms with Gasteiger partial charge in [-0.15, -0.1) is 0 Å². The van der Waals surface area contributed by atoms with Gasteiger partial charge in [-0.3, -0.25) is 0 Å². The minimum atomic E-state index is -0.927. The second-order valence-corrected chi connectivity index (χ2v) is 9.90. The van der Waals surface area contributed by atoms with Crippen molar-refractivity contribution in [2.24, 2.45) is 10.8 Å². The van der Waals surface area contributed by atoms with Crippen LogP contribution in [0, 0.1) is 24.7 Å². The monoisotopic (exact) mass is 576 g/mol. The summed E-state index contributed by atoms with van der Waals surface area (Å²) in [5.41, 5.74) is 0.734. The quantitative estimate of drug-likeness (QED) is 0.179. The van der Waals surface area contributed by atoms with Crippen molar-refractivity contribution in [3.8, 4) is 0 Å². The van der Waals surface area contributed by atoms with Gasteiger partial charge in [0.2, 0.25) is 0 Å². The first-order chi connectivity index (χ1) is 14.8. The zero-order valence-corrected chi connectivity index (χ0v) is 26.3. The Morgan fingerprint density at radius 2 is 0.879 bits per heavy atom. The molecule has 0 N–H and O–H groups in total. The first kappa shape index (κ1) is 42.9. The number of carboxylic acids is 2. The van der Waals surface area contributed by atoms with Crippen LogP contribution in [-0.2, 0) is 9.59 Å². The SMILES string of the molecule is CCC(C)(C)CCCCC(=O)[O-].CCC(C)(C)CCCCC(=O)[O-].[CH2]CCC.[CH2]CCC.[Sn+2]. The van der Waals surface area contributed by atoms with Gasteiger partial charge in [0.1, 0.15) is 0 Å². The van der Waals surface area contributed by atoms with Gasteiger partial charge < -0.3 is 19.8 Å². The molecule has 0 rings (SSSR count). The van der Waals surface area contributed by atoms with E-state index < -0.39 is 11.9 Å². The Balaban J connectivity index is -0.000000117. The second kappa shape index (κ2) is 29.8. The van der Waals surface area contributed by atoms with E-state index in [-0.39, 0.29) is 36.7 Å². The van der Waals surface area contributed by atoms with Crippen molar-refractivity contribution in [3.05, 3.63) is 13.8 Å². The van der Waals surface area contributed by atoms with Crippen LogP contribution in [0.5, 0.6) is 0 Å². The number of unbranched alkanes of at least 4 members (excludes halogenated alkanes) is 4. The predicted molar refractivity (Wildman–Crippen MR) is 141 cm³/mol. The maximum atomic E-state index is 10.1. The van der Waals surface area contributed by atoms with Crippen molar-refractivity contribution in [1.82, 2.24) is 0 Å². The summed E-state index contributed by atoms with van der Waals surface area (Å²) in [4.78, 5) is 20.2. The molecule has 196 valence electrons. The average molecular weight is 575 g/mol. The molecule has 0 aliphatic carbocycles. The molecule has 0 atom stereocenters. The van der Waals surface area contributed by atoms with Crippen LogP contribution < -0.4 is 10.2 Å². The number of carbonyl (C=O) groups excluding carboxylic acids is 2. The number of rotatable bonds is 14. The maximum absolute atomic E-state index is 10.1. The maximum Gasteiger partial charge on any atom is 2.00 e. The van der Waals surface area contributed by atoms with E-state index in [0.717, 1.165) is 64.2 Å². The van der Waals surface area contributed by atoms with Gasteiger partial charge in [0.15, 0.2) is 0 Å². The number of hydrogen-bond donors (Lipinski definition) is 0. The molecule has 33 heavy (non-hydrogen) atoms. The van der Waals surface area contributed by atoms with Gasteiger partial charge >= 0.3 is 23.9 Å². The Morgan fingerprint density at radius 3 is 1.03 bits per heavy atom. The Morgan fingerprint density at radius 1 is 0.636 bits per heavy atom. The van der Waals surface area contributed by atoms with E-state index in [1.54, 1.807) is 0 Å². The van der Waals surface area contributed by atoms with Crippen molar-refractivity contribution in [2.45, 2.75) is 145 Å². The fourth-order valence-electron chi connectivity index (χ4n) is 2.10. The molecule has 4 nitrogen and oxygen atoms in total. The molecule has 0 aromatic heterocycles. The molecule has 0 bridgehead atoms. The van der Waals surface area contributed by atoms with Crippen LogP contribution in [0.2, 0.25) is 0 Å². The van der Waals surface area contributed by atoms with Gasteiger partial charge in [0, 0.05) is 11.9 Å². The van der Waals surface area contributed by atoms with Gasteiger partial charge in [-0.05, 0) is 49.4 Å². The summed E-state index contributed by atoms with van der Waals surface area (Å²) in [6, 6.07) is 0. The molecule has 5 heteroatoms. The van der Waals surface area contributed by atoms with Gasteiger partial charge in [0.25, 0.3) is 0 Å². The van der Waals surface area contributed by atoms with E-state index in [4.69, 9.17) is 0 Å². The molecule has 0 spiro atoms. The molecule has 0 aromatic carbocycles. The number of carboxylic acid groups (broad SMARTS) is 2. The van der Waals surface area contributed by atoms with Crippen molar-refractivity contribution in [1.29, 1.82) is 0 Å². The van der Waals surface area contributed by atoms with E-state index in [1.165, 1.54) is 12.8 Å². The first-order valence-electron chi connectivity index (χ1n) is 12.8. The molecule has 0 heterocycles. The molecule has 0 saturated heterocycles. The number of carbonyl (C=O) groups is 2. The molecule has 0 unspecified atom stereocenters. The Kier molecular flexibility index (Phi) is 38.7. The van der Waals surface area contributed by atoms with Crippen molar-refractivity contribution in [2.75, 3.05) is 0 Å². The molecular weight excluding hydrogens is 519 g/mol. The van der Waals surface area contributed by atoms with E-state index in [1.807, 2.05) is 0 Å². The van der Waals surface area contributed by atoms with Gasteiger partial charge in [-0.1, -0.05) is 121 Å². The zero-order valence-electron chi connectivity index (χ0n) is 23.4. The fourth-order valence-corrected chi connectivity index (χ4v) is 2.10. The molecule has 0 saturated carbocycles. The molecule has 4 radical (unpaired) electrons. The van der Waals surface area contributed by atoms with Crippen LogP contribution in [-0.4, -0.2) is 35.8 Å². The molecule has 0 aliphatic heterocycles.